The Morgan fingerprint density at radius 1 is 0.918 bits per heavy atom. The maximum Gasteiger partial charge on any atom is 0.305 e. The monoisotopic (exact) mass is 666 g/mol. The molecule has 0 aromatic carbocycles. The number of ether oxygens (including phenoxy) is 1. The zero-order valence-corrected chi connectivity index (χ0v) is 29.6. The molecule has 8 bridgehead atoms. The van der Waals surface area contributed by atoms with E-state index in [-0.39, 0.29) is 55.0 Å². The maximum absolute atomic E-state index is 12.4. The summed E-state index contributed by atoms with van der Waals surface area (Å²) in [5.41, 5.74) is 12.1. The Morgan fingerprint density at radius 2 is 1.59 bits per heavy atom. The number of carbonyl (C=O) groups is 2. The summed E-state index contributed by atoms with van der Waals surface area (Å²) in [6.07, 6.45) is 1.77. The maximum atomic E-state index is 12.4. The molecule has 3 aromatic rings. The third-order valence-corrected chi connectivity index (χ3v) is 10.5. The number of methoxy groups -OCH3 is 1. The molecular weight excluding hydrogens is 620 g/mol. The van der Waals surface area contributed by atoms with E-state index in [9.17, 15) is 19.8 Å². The molecule has 0 radical (unpaired) electrons. The quantitative estimate of drug-likeness (QED) is 0.111. The molecule has 3 aliphatic heterocycles. The van der Waals surface area contributed by atoms with Crippen LogP contribution in [0, 0.1) is 27.7 Å². The number of aryl methyl sites for hydroxylation is 5. The molecule has 0 fully saturated rings. The van der Waals surface area contributed by atoms with Gasteiger partial charge in [0.2, 0.25) is 17.7 Å². The molecule has 0 spiro atoms. The lowest BCUT2D eigenvalue weighted by atomic mass is 9.85. The molecule has 3 aromatic heterocycles. The van der Waals surface area contributed by atoms with Crippen LogP contribution < -0.4 is 5.32 Å². The van der Waals surface area contributed by atoms with E-state index in [4.69, 9.17) is 14.7 Å². The Kier molecular flexibility index (Phi) is 9.04. The molecular formula is C38H46N6O5. The minimum absolute atomic E-state index is 0.117. The van der Waals surface area contributed by atoms with Crippen molar-refractivity contribution in [2.75, 3.05) is 13.7 Å². The third-order valence-electron chi connectivity index (χ3n) is 10.5. The van der Waals surface area contributed by atoms with Crippen LogP contribution in [-0.2, 0) is 27.3 Å². The lowest BCUT2D eigenvalue weighted by Gasteiger charge is -2.21. The van der Waals surface area contributed by atoms with Crippen LogP contribution in [0.25, 0.3) is 44.2 Å². The van der Waals surface area contributed by atoms with Crippen molar-refractivity contribution in [3.63, 3.8) is 0 Å². The zero-order valence-electron chi connectivity index (χ0n) is 29.6. The predicted molar refractivity (Wildman–Crippen MR) is 192 cm³/mol. The van der Waals surface area contributed by atoms with Gasteiger partial charge in [0, 0.05) is 65.5 Å². The van der Waals surface area contributed by atoms with Gasteiger partial charge in [-0.05, 0) is 86.6 Å². The normalized spacial score (nSPS) is 15.3. The molecule has 2 atom stereocenters. The van der Waals surface area contributed by atoms with E-state index >= 15 is 0 Å². The van der Waals surface area contributed by atoms with Crippen molar-refractivity contribution in [2.45, 2.75) is 92.5 Å². The number of pyridine rings is 1. The molecule has 3 aliphatic rings. The average molecular weight is 667 g/mol. The Labute approximate surface area is 285 Å². The number of nitrogens with zero attached hydrogens (tertiary/aromatic N) is 3. The van der Waals surface area contributed by atoms with Crippen molar-refractivity contribution >= 4 is 44.8 Å². The van der Waals surface area contributed by atoms with Gasteiger partial charge in [0.15, 0.2) is 0 Å². The number of carbonyl (C=O) groups excluding carboxylic acids is 2. The van der Waals surface area contributed by atoms with E-state index in [0.29, 0.717) is 40.7 Å². The van der Waals surface area contributed by atoms with Crippen molar-refractivity contribution in [1.29, 1.82) is 0 Å². The molecule has 0 saturated carbocycles. The molecule has 6 heterocycles. The highest BCUT2D eigenvalue weighted by molar-refractivity contribution is 5.96. The second-order valence-corrected chi connectivity index (χ2v) is 13.2. The summed E-state index contributed by atoms with van der Waals surface area (Å²) in [7, 11) is 1.38. The Bertz CT molecular complexity index is 2210. The van der Waals surface area contributed by atoms with Gasteiger partial charge >= 0.3 is 5.97 Å². The molecule has 2 unspecified atom stereocenters. The van der Waals surface area contributed by atoms with Crippen LogP contribution in [0.5, 0.6) is 11.8 Å². The second-order valence-electron chi connectivity index (χ2n) is 13.2. The fourth-order valence-electron chi connectivity index (χ4n) is 7.31. The number of aromatic hydroxyl groups is 2. The third kappa shape index (κ3) is 5.74. The summed E-state index contributed by atoms with van der Waals surface area (Å²) in [5, 5.41) is 27.0. The van der Waals surface area contributed by atoms with E-state index in [0.717, 1.165) is 56.4 Å². The highest BCUT2D eigenvalue weighted by atomic mass is 16.5. The van der Waals surface area contributed by atoms with Gasteiger partial charge in [-0.25, -0.2) is 4.98 Å². The van der Waals surface area contributed by atoms with E-state index in [2.05, 4.69) is 62.0 Å². The standard InChI is InChI=1S/C38H46N6O5/c1-9-23-20(5)27-16-28-21(6)24(11-12-32(46)49-8)35(42-28)34-36-33(37(47)44(38(34)48)14-13-39-31(45)10-2)22(7)29(43-36)15-25-18(3)19(4)26(40-25)17-30(23)41-27/h15-17,21,24,40-41,47-48H,9-14H2,1-8H3,(H,39,45). The SMILES string of the molecule is CCC(=O)NCCn1c(O)c2c(C)c3cc4[nH]c(cc5[nH]c(cc6nc(c(c-2n3)c1O)C(CCC(=O)OC)C6C)c(C)c5CC)c(C)c4C. The molecule has 49 heavy (non-hydrogen) atoms. The summed E-state index contributed by atoms with van der Waals surface area (Å²) >= 11 is 0. The first kappa shape index (κ1) is 33.8. The summed E-state index contributed by atoms with van der Waals surface area (Å²) < 4.78 is 6.42. The van der Waals surface area contributed by atoms with Crippen LogP contribution in [0.1, 0.15) is 91.1 Å². The Morgan fingerprint density at radius 3 is 2.27 bits per heavy atom. The Balaban J connectivity index is 1.79. The van der Waals surface area contributed by atoms with Gasteiger partial charge in [0.05, 0.1) is 35.0 Å². The smallest absolute Gasteiger partial charge is 0.305 e. The lowest BCUT2D eigenvalue weighted by Crippen LogP contribution is -2.26. The van der Waals surface area contributed by atoms with Crippen LogP contribution in [0.3, 0.4) is 0 Å². The highest BCUT2D eigenvalue weighted by Gasteiger charge is 2.35. The van der Waals surface area contributed by atoms with Gasteiger partial charge in [-0.2, -0.15) is 0 Å². The molecule has 6 rings (SSSR count). The molecule has 258 valence electrons. The van der Waals surface area contributed by atoms with Crippen LogP contribution in [0.4, 0.5) is 0 Å². The molecule has 11 nitrogen and oxygen atoms in total. The van der Waals surface area contributed by atoms with Crippen LogP contribution in [0.2, 0.25) is 0 Å². The summed E-state index contributed by atoms with van der Waals surface area (Å²) in [6, 6.07) is 6.22. The number of rotatable bonds is 8. The van der Waals surface area contributed by atoms with Crippen molar-refractivity contribution in [3.05, 3.63) is 57.4 Å². The number of amides is 1. The van der Waals surface area contributed by atoms with Crippen molar-refractivity contribution in [2.24, 2.45) is 0 Å². The molecule has 0 aliphatic carbocycles. The van der Waals surface area contributed by atoms with Crippen LogP contribution in [-0.4, -0.2) is 60.2 Å². The first-order valence-corrected chi connectivity index (χ1v) is 17.1. The van der Waals surface area contributed by atoms with Crippen molar-refractivity contribution in [1.82, 2.24) is 29.8 Å². The number of fused-ring (bicyclic) bond motifs is 8. The summed E-state index contributed by atoms with van der Waals surface area (Å²) in [5.74, 6) is -1.19. The number of aromatic amines is 2. The number of hydrogen-bond acceptors (Lipinski definition) is 7. The van der Waals surface area contributed by atoms with Crippen molar-refractivity contribution < 1.29 is 24.5 Å². The summed E-state index contributed by atoms with van der Waals surface area (Å²) in [6.45, 7) is 14.5. The molecule has 11 heteroatoms. The van der Waals surface area contributed by atoms with E-state index < -0.39 is 0 Å². The fraction of sp³-hybridized carbons (Fsp3) is 0.421. The topological polar surface area (TPSA) is 158 Å². The first-order valence-electron chi connectivity index (χ1n) is 17.1. The van der Waals surface area contributed by atoms with Gasteiger partial charge in [-0.3, -0.25) is 19.1 Å². The molecule has 1 amide bonds. The Hall–Kier alpha value is -5.06. The van der Waals surface area contributed by atoms with Crippen LogP contribution in [0.15, 0.2) is 18.2 Å². The fourth-order valence-corrected chi connectivity index (χ4v) is 7.31. The van der Waals surface area contributed by atoms with Crippen molar-refractivity contribution in [3.8, 4) is 23.0 Å². The van der Waals surface area contributed by atoms with E-state index in [1.165, 1.54) is 17.2 Å². The van der Waals surface area contributed by atoms with Gasteiger partial charge in [-0.15, -0.1) is 0 Å². The lowest BCUT2D eigenvalue weighted by molar-refractivity contribution is -0.140. The van der Waals surface area contributed by atoms with Gasteiger partial charge in [0.25, 0.3) is 0 Å². The zero-order chi connectivity index (χ0) is 35.3. The number of H-pyrrole nitrogens is 2. The number of aromatic nitrogens is 5. The minimum Gasteiger partial charge on any atom is -0.494 e. The predicted octanol–water partition coefficient (Wildman–Crippen LogP) is 7.07. The number of nitrogens with one attached hydrogen (secondary N) is 3. The van der Waals surface area contributed by atoms with E-state index in [1.807, 2.05) is 13.0 Å². The highest BCUT2D eigenvalue weighted by Crippen LogP contribution is 2.49. The van der Waals surface area contributed by atoms with Gasteiger partial charge in [-0.1, -0.05) is 20.8 Å². The second kappa shape index (κ2) is 13.1. The summed E-state index contributed by atoms with van der Waals surface area (Å²) in [4.78, 5) is 42.0. The largest absolute Gasteiger partial charge is 0.494 e. The van der Waals surface area contributed by atoms with Crippen LogP contribution >= 0.6 is 0 Å². The van der Waals surface area contributed by atoms with E-state index in [1.54, 1.807) is 6.92 Å². The number of esters is 1. The molecule has 5 N–H and O–H groups in total. The minimum atomic E-state index is -0.327. The van der Waals surface area contributed by atoms with Gasteiger partial charge in [0.1, 0.15) is 0 Å². The number of hydrogen-bond donors (Lipinski definition) is 5. The molecule has 0 saturated heterocycles. The first-order chi connectivity index (χ1) is 23.4. The average Bonchev–Trinajstić information content (AvgIpc) is 3.75. The van der Waals surface area contributed by atoms with Gasteiger partial charge < -0.3 is 30.2 Å².